The molecule has 0 radical (unpaired) electrons. The average Bonchev–Trinajstić information content (AvgIpc) is 2.20. The van der Waals surface area contributed by atoms with Crippen LogP contribution in [-0.4, -0.2) is 80.0 Å². The Morgan fingerprint density at radius 3 is 1.79 bits per heavy atom. The van der Waals surface area contributed by atoms with E-state index < -0.39 is 54.7 Å². The third-order valence-corrected chi connectivity index (χ3v) is 3.18. The van der Waals surface area contributed by atoms with Crippen LogP contribution in [0.4, 0.5) is 0 Å². The second-order valence-corrected chi connectivity index (χ2v) is 6.39. The summed E-state index contributed by atoms with van der Waals surface area (Å²) in [5.74, 6) is -1.29. The van der Waals surface area contributed by atoms with Crippen molar-refractivity contribution in [2.75, 3.05) is 12.4 Å². The lowest BCUT2D eigenvalue weighted by Gasteiger charge is -2.25. The van der Waals surface area contributed by atoms with Gasteiger partial charge in [0.25, 0.3) is 10.1 Å². The molecule has 0 aromatic heterocycles. The zero-order chi connectivity index (χ0) is 15.4. The Balaban J connectivity index is 4.46. The van der Waals surface area contributed by atoms with Gasteiger partial charge in [0.05, 0.1) is 12.7 Å². The van der Waals surface area contributed by atoms with Gasteiger partial charge in [-0.25, -0.2) is 4.57 Å². The molecule has 0 bridgehead atoms. The summed E-state index contributed by atoms with van der Waals surface area (Å²) in [5.41, 5.74) is 0. The monoisotopic (exact) mass is 326 g/mol. The maximum Gasteiger partial charge on any atom is 0.469 e. The van der Waals surface area contributed by atoms with Crippen LogP contribution in [0.5, 0.6) is 0 Å². The maximum atomic E-state index is 10.4. The first-order valence-corrected chi connectivity index (χ1v) is 7.85. The first kappa shape index (κ1) is 18.9. The topological polar surface area (TPSA) is 202 Å². The number of rotatable bonds is 8. The van der Waals surface area contributed by atoms with E-state index in [4.69, 9.17) is 19.4 Å². The SMILES string of the molecule is O=P(O)(O)OCC(O)[C@@H](O)[C@H](O)[C@H](O)CS(=O)(=O)O. The third kappa shape index (κ3) is 8.60. The van der Waals surface area contributed by atoms with E-state index in [0.717, 1.165) is 0 Å². The van der Waals surface area contributed by atoms with Crippen molar-refractivity contribution < 1.29 is 52.3 Å². The predicted molar refractivity (Wildman–Crippen MR) is 58.4 cm³/mol. The van der Waals surface area contributed by atoms with E-state index in [1.54, 1.807) is 0 Å². The third-order valence-electron chi connectivity index (χ3n) is 1.93. The summed E-state index contributed by atoms with van der Waals surface area (Å²) in [6.07, 6.45) is -8.45. The molecule has 1 unspecified atom stereocenters. The Labute approximate surface area is 108 Å². The minimum atomic E-state index is -4.90. The minimum absolute atomic E-state index is 1.07. The van der Waals surface area contributed by atoms with Crippen molar-refractivity contribution in [3.8, 4) is 0 Å². The van der Waals surface area contributed by atoms with Crippen LogP contribution >= 0.6 is 7.82 Å². The largest absolute Gasteiger partial charge is 0.469 e. The van der Waals surface area contributed by atoms with Crippen LogP contribution in [-0.2, 0) is 19.2 Å². The fourth-order valence-electron chi connectivity index (χ4n) is 1.04. The van der Waals surface area contributed by atoms with Gasteiger partial charge >= 0.3 is 7.82 Å². The van der Waals surface area contributed by atoms with Crippen LogP contribution < -0.4 is 0 Å². The molecule has 19 heavy (non-hydrogen) atoms. The molecule has 0 rings (SSSR count). The van der Waals surface area contributed by atoms with Gasteiger partial charge in [-0.05, 0) is 0 Å². The smallest absolute Gasteiger partial charge is 0.389 e. The van der Waals surface area contributed by atoms with Crippen LogP contribution in [0.1, 0.15) is 0 Å². The number of hydrogen-bond acceptors (Lipinski definition) is 8. The van der Waals surface area contributed by atoms with Crippen molar-refractivity contribution in [2.45, 2.75) is 24.4 Å². The van der Waals surface area contributed by atoms with Crippen LogP contribution in [0, 0.1) is 0 Å². The first-order chi connectivity index (χ1) is 8.33. The predicted octanol–water partition coefficient (Wildman–Crippen LogP) is -3.57. The molecule has 0 amide bonds. The molecule has 0 aromatic carbocycles. The molecule has 13 heteroatoms. The van der Waals surface area contributed by atoms with Gasteiger partial charge in [-0.3, -0.25) is 9.08 Å². The van der Waals surface area contributed by atoms with Crippen LogP contribution in [0.25, 0.3) is 0 Å². The van der Waals surface area contributed by atoms with Gasteiger partial charge in [0, 0.05) is 0 Å². The zero-order valence-corrected chi connectivity index (χ0v) is 11.1. The van der Waals surface area contributed by atoms with Crippen molar-refractivity contribution in [1.29, 1.82) is 0 Å². The molecule has 0 aliphatic carbocycles. The summed E-state index contributed by atoms with van der Waals surface area (Å²) in [6, 6.07) is 0. The van der Waals surface area contributed by atoms with Crippen molar-refractivity contribution in [1.82, 2.24) is 0 Å². The molecule has 0 spiro atoms. The van der Waals surface area contributed by atoms with Gasteiger partial charge in [0.2, 0.25) is 0 Å². The van der Waals surface area contributed by atoms with E-state index in [1.807, 2.05) is 0 Å². The fourth-order valence-corrected chi connectivity index (χ4v) is 2.02. The highest BCUT2D eigenvalue weighted by Gasteiger charge is 2.33. The van der Waals surface area contributed by atoms with Crippen LogP contribution in [0.15, 0.2) is 0 Å². The van der Waals surface area contributed by atoms with Gasteiger partial charge in [-0.15, -0.1) is 0 Å². The van der Waals surface area contributed by atoms with Crippen molar-refractivity contribution in [2.24, 2.45) is 0 Å². The fraction of sp³-hybridized carbons (Fsp3) is 1.00. The molecule has 0 aromatic rings. The van der Waals surface area contributed by atoms with Gasteiger partial charge in [0.15, 0.2) is 0 Å². The number of phosphoric acid groups is 1. The van der Waals surface area contributed by atoms with E-state index in [9.17, 15) is 28.3 Å². The highest BCUT2D eigenvalue weighted by Crippen LogP contribution is 2.35. The number of aliphatic hydroxyl groups is 4. The molecule has 0 saturated heterocycles. The molecule has 0 aliphatic rings. The summed E-state index contributed by atoms with van der Waals surface area (Å²) in [4.78, 5) is 16.6. The lowest BCUT2D eigenvalue weighted by Crippen LogP contribution is -2.48. The van der Waals surface area contributed by atoms with Gasteiger partial charge < -0.3 is 30.2 Å². The normalized spacial score (nSPS) is 19.7. The quantitative estimate of drug-likeness (QED) is 0.172. The van der Waals surface area contributed by atoms with Gasteiger partial charge in [0.1, 0.15) is 24.1 Å². The number of aliphatic hydroxyl groups excluding tert-OH is 4. The molecular weight excluding hydrogens is 311 g/mol. The average molecular weight is 326 g/mol. The lowest BCUT2D eigenvalue weighted by atomic mass is 10.0. The summed E-state index contributed by atoms with van der Waals surface area (Å²) < 4.78 is 43.4. The van der Waals surface area contributed by atoms with Crippen molar-refractivity contribution in [3.05, 3.63) is 0 Å². The maximum absolute atomic E-state index is 10.4. The molecule has 11 nitrogen and oxygen atoms in total. The summed E-state index contributed by atoms with van der Waals surface area (Å²) >= 11 is 0. The van der Waals surface area contributed by atoms with E-state index in [-0.39, 0.29) is 0 Å². The standard InChI is InChI=1S/C6H15O11PS/c7-3(1-17-18(11,12)13)5(9)6(10)4(8)2-19(14,15)16/h3-10H,1-2H2,(H2,11,12,13)(H,14,15,16)/t3?,4-,5-,6-/m1/s1. The highest BCUT2D eigenvalue weighted by molar-refractivity contribution is 7.85. The summed E-state index contributed by atoms with van der Waals surface area (Å²) in [6.45, 7) is -1.07. The molecule has 0 aliphatic heterocycles. The summed E-state index contributed by atoms with van der Waals surface area (Å²) in [7, 11) is -9.52. The Bertz CT molecular complexity index is 415. The van der Waals surface area contributed by atoms with E-state index in [2.05, 4.69) is 4.52 Å². The Hall–Kier alpha value is -0.140. The Morgan fingerprint density at radius 2 is 1.42 bits per heavy atom. The number of phosphoric ester groups is 1. The minimum Gasteiger partial charge on any atom is -0.389 e. The number of hydrogen-bond donors (Lipinski definition) is 7. The Kier molecular flexibility index (Phi) is 6.99. The molecule has 0 fully saturated rings. The zero-order valence-electron chi connectivity index (χ0n) is 9.34. The van der Waals surface area contributed by atoms with Crippen molar-refractivity contribution >= 4 is 17.9 Å². The van der Waals surface area contributed by atoms with E-state index in [0.29, 0.717) is 0 Å². The molecule has 0 saturated carbocycles. The van der Waals surface area contributed by atoms with E-state index >= 15 is 0 Å². The van der Waals surface area contributed by atoms with Gasteiger partial charge in [-0.1, -0.05) is 0 Å². The van der Waals surface area contributed by atoms with Crippen LogP contribution in [0.2, 0.25) is 0 Å². The molecular formula is C6H15O11PS. The first-order valence-electron chi connectivity index (χ1n) is 4.71. The molecule has 4 atom stereocenters. The molecule has 116 valence electrons. The molecule has 7 N–H and O–H groups in total. The highest BCUT2D eigenvalue weighted by atomic mass is 32.2. The van der Waals surface area contributed by atoms with Crippen molar-refractivity contribution in [3.63, 3.8) is 0 Å². The van der Waals surface area contributed by atoms with E-state index in [1.165, 1.54) is 0 Å². The molecule has 0 heterocycles. The second-order valence-electron chi connectivity index (χ2n) is 3.65. The van der Waals surface area contributed by atoms with Gasteiger partial charge in [-0.2, -0.15) is 8.42 Å². The van der Waals surface area contributed by atoms with Crippen LogP contribution in [0.3, 0.4) is 0 Å². The second kappa shape index (κ2) is 7.04. The Morgan fingerprint density at radius 1 is 1.00 bits per heavy atom. The summed E-state index contributed by atoms with van der Waals surface area (Å²) in [5, 5.41) is 36.9. The lowest BCUT2D eigenvalue weighted by molar-refractivity contribution is -0.109.